The van der Waals surface area contributed by atoms with Crippen LogP contribution in [0.25, 0.3) is 92.8 Å². The average Bonchev–Trinajstić information content (AvgIpc) is 3.69. The summed E-state index contributed by atoms with van der Waals surface area (Å²) >= 11 is 0. The highest BCUT2D eigenvalue weighted by molar-refractivity contribution is 6.28. The van der Waals surface area contributed by atoms with E-state index in [2.05, 4.69) is 257 Å². The molecule has 0 bridgehead atoms. The number of hydrogen-bond acceptors (Lipinski definition) is 1. The molecule has 2 nitrogen and oxygen atoms in total. The predicted molar refractivity (Wildman–Crippen MR) is 285 cm³/mol. The van der Waals surface area contributed by atoms with E-state index in [9.17, 15) is 0 Å². The Hall–Kier alpha value is -7.68. The van der Waals surface area contributed by atoms with Crippen molar-refractivity contribution >= 4 is 82.0 Å². The molecule has 12 aromatic rings. The second kappa shape index (κ2) is 14.9. The van der Waals surface area contributed by atoms with E-state index in [0.29, 0.717) is 0 Å². The van der Waals surface area contributed by atoms with Gasteiger partial charge in [-0.3, -0.25) is 0 Å². The Kier molecular flexibility index (Phi) is 9.03. The zero-order valence-corrected chi connectivity index (χ0v) is 38.5. The summed E-state index contributed by atoms with van der Waals surface area (Å²) in [5.74, 6) is 0. The van der Waals surface area contributed by atoms with E-state index in [0.717, 1.165) is 22.7 Å². The van der Waals surface area contributed by atoms with E-state index in [1.807, 2.05) is 0 Å². The van der Waals surface area contributed by atoms with E-state index in [1.165, 1.54) is 98.3 Å². The van der Waals surface area contributed by atoms with Crippen LogP contribution in [0.3, 0.4) is 0 Å². The molecule has 1 heterocycles. The lowest BCUT2D eigenvalue weighted by Gasteiger charge is -2.28. The van der Waals surface area contributed by atoms with Crippen LogP contribution < -0.4 is 4.90 Å². The van der Waals surface area contributed by atoms with Crippen molar-refractivity contribution in [1.82, 2.24) is 4.57 Å². The number of rotatable bonds is 6. The first kappa shape index (κ1) is 39.9. The van der Waals surface area contributed by atoms with Gasteiger partial charge in [-0.1, -0.05) is 193 Å². The van der Waals surface area contributed by atoms with Crippen LogP contribution in [0.5, 0.6) is 0 Å². The minimum Gasteiger partial charge on any atom is -0.311 e. The van der Waals surface area contributed by atoms with Gasteiger partial charge in [0.1, 0.15) is 0 Å². The monoisotopic (exact) mass is 848 g/mol. The second-order valence-electron chi connectivity index (χ2n) is 20.2. The SMILES string of the molecule is CC(C)(C)c1ccc(N(c2ccc(-c3ccc(-c4ccccc4)c4c3c3c5ccccc5ccc3n4-c3cc4ccc5cccc6ccc(c3)c4c56)cc2)c2ccc(C(C)(C)C)cc2)cc1. The van der Waals surface area contributed by atoms with Crippen molar-refractivity contribution < 1.29 is 0 Å². The van der Waals surface area contributed by atoms with Crippen molar-refractivity contribution in [2.24, 2.45) is 0 Å². The van der Waals surface area contributed by atoms with E-state index in [4.69, 9.17) is 0 Å². The summed E-state index contributed by atoms with van der Waals surface area (Å²) in [6.45, 7) is 13.7. The Morgan fingerprint density at radius 2 is 0.818 bits per heavy atom. The number of anilines is 3. The molecule has 0 fully saturated rings. The molecule has 0 atom stereocenters. The molecule has 0 aliphatic carbocycles. The van der Waals surface area contributed by atoms with Gasteiger partial charge in [-0.05, 0) is 136 Å². The third kappa shape index (κ3) is 6.46. The topological polar surface area (TPSA) is 8.17 Å². The van der Waals surface area contributed by atoms with Crippen molar-refractivity contribution in [3.63, 3.8) is 0 Å². The zero-order valence-electron chi connectivity index (χ0n) is 38.5. The molecule has 12 rings (SSSR count). The number of benzene rings is 11. The Morgan fingerprint density at radius 3 is 1.41 bits per heavy atom. The molecule has 1 aromatic heterocycles. The zero-order chi connectivity index (χ0) is 44.9. The third-order valence-electron chi connectivity index (χ3n) is 14.0. The molecule has 11 aromatic carbocycles. The Balaban J connectivity index is 1.10. The van der Waals surface area contributed by atoms with Crippen LogP contribution in [0.1, 0.15) is 52.7 Å². The molecule has 0 radical (unpaired) electrons. The van der Waals surface area contributed by atoms with Gasteiger partial charge in [-0.15, -0.1) is 0 Å². The number of fused-ring (bicyclic) bond motifs is 5. The van der Waals surface area contributed by atoms with Crippen molar-refractivity contribution in [3.05, 3.63) is 217 Å². The molecule has 0 amide bonds. The Labute approximate surface area is 387 Å². The van der Waals surface area contributed by atoms with Crippen LogP contribution in [-0.2, 0) is 10.8 Å². The molecule has 0 aliphatic heterocycles. The fraction of sp³-hybridized carbons (Fsp3) is 0.125. The van der Waals surface area contributed by atoms with Gasteiger partial charge in [0.25, 0.3) is 0 Å². The lowest BCUT2D eigenvalue weighted by atomic mass is 9.86. The third-order valence-corrected chi connectivity index (χ3v) is 14.0. The van der Waals surface area contributed by atoms with E-state index in [-0.39, 0.29) is 10.8 Å². The number of aromatic nitrogens is 1. The molecule has 0 aliphatic rings. The normalized spacial score (nSPS) is 12.4. The molecule has 66 heavy (non-hydrogen) atoms. The molecular formula is C64H52N2. The molecule has 318 valence electrons. The highest BCUT2D eigenvalue weighted by atomic mass is 15.1. The van der Waals surface area contributed by atoms with E-state index < -0.39 is 0 Å². The van der Waals surface area contributed by atoms with Crippen LogP contribution >= 0.6 is 0 Å². The summed E-state index contributed by atoms with van der Waals surface area (Å²) < 4.78 is 2.55. The standard InChI is InChI=1S/C64H52N2/c1-63(2,3)48-26-32-51(33-27-48)65(52-34-28-49(29-35-52)64(4,5)6)50-30-23-43(24-31-50)55-36-37-56(41-13-8-7-9-14-41)62-61(55)60-54-18-11-10-15-42(54)25-38-57(60)66(62)53-39-46-21-19-44-16-12-17-45-20-22-47(40-53)59(46)58(44)45/h7-40H,1-6H3. The van der Waals surface area contributed by atoms with Gasteiger partial charge in [0, 0.05) is 39.1 Å². The molecule has 0 N–H and O–H groups in total. The van der Waals surface area contributed by atoms with Crippen LogP contribution in [0.15, 0.2) is 206 Å². The highest BCUT2D eigenvalue weighted by Crippen LogP contribution is 2.47. The van der Waals surface area contributed by atoms with Crippen molar-refractivity contribution in [1.29, 1.82) is 0 Å². The van der Waals surface area contributed by atoms with Crippen LogP contribution in [0, 0.1) is 0 Å². The molecule has 0 saturated heterocycles. The summed E-state index contributed by atoms with van der Waals surface area (Å²) in [4.78, 5) is 2.39. The first-order chi connectivity index (χ1) is 32.0. The van der Waals surface area contributed by atoms with Crippen molar-refractivity contribution in [3.8, 4) is 27.9 Å². The van der Waals surface area contributed by atoms with Gasteiger partial charge in [0.05, 0.1) is 11.0 Å². The largest absolute Gasteiger partial charge is 0.311 e. The highest BCUT2D eigenvalue weighted by Gasteiger charge is 2.24. The van der Waals surface area contributed by atoms with Gasteiger partial charge >= 0.3 is 0 Å². The van der Waals surface area contributed by atoms with Crippen molar-refractivity contribution in [2.75, 3.05) is 4.90 Å². The van der Waals surface area contributed by atoms with Gasteiger partial charge < -0.3 is 9.47 Å². The average molecular weight is 849 g/mol. The predicted octanol–water partition coefficient (Wildman–Crippen LogP) is 18.2. The van der Waals surface area contributed by atoms with Gasteiger partial charge in [0.2, 0.25) is 0 Å². The molecular weight excluding hydrogens is 797 g/mol. The quantitative estimate of drug-likeness (QED) is 0.151. The van der Waals surface area contributed by atoms with Crippen LogP contribution in [-0.4, -0.2) is 4.57 Å². The maximum absolute atomic E-state index is 2.55. The molecule has 0 spiro atoms. The minimum atomic E-state index is 0.0654. The first-order valence-electron chi connectivity index (χ1n) is 23.3. The van der Waals surface area contributed by atoms with Crippen molar-refractivity contribution in [2.45, 2.75) is 52.4 Å². The minimum absolute atomic E-state index is 0.0654. The van der Waals surface area contributed by atoms with E-state index in [1.54, 1.807) is 0 Å². The molecule has 2 heteroatoms. The maximum atomic E-state index is 2.55. The fourth-order valence-corrected chi connectivity index (χ4v) is 10.6. The lowest BCUT2D eigenvalue weighted by Crippen LogP contribution is -2.14. The summed E-state index contributed by atoms with van der Waals surface area (Å²) in [5, 5.41) is 12.7. The smallest absolute Gasteiger partial charge is 0.0625 e. The molecule has 0 unspecified atom stereocenters. The van der Waals surface area contributed by atoms with Crippen LogP contribution in [0.4, 0.5) is 17.1 Å². The van der Waals surface area contributed by atoms with E-state index >= 15 is 0 Å². The van der Waals surface area contributed by atoms with Gasteiger partial charge in [-0.2, -0.15) is 0 Å². The summed E-state index contributed by atoms with van der Waals surface area (Å²) in [5.41, 5.74) is 14.5. The first-order valence-corrected chi connectivity index (χ1v) is 23.3. The summed E-state index contributed by atoms with van der Waals surface area (Å²) in [6.07, 6.45) is 0. The summed E-state index contributed by atoms with van der Waals surface area (Å²) in [7, 11) is 0. The lowest BCUT2D eigenvalue weighted by molar-refractivity contribution is 0.590. The molecule has 0 saturated carbocycles. The van der Waals surface area contributed by atoms with Crippen LogP contribution in [0.2, 0.25) is 0 Å². The Morgan fingerprint density at radius 1 is 0.348 bits per heavy atom. The fourth-order valence-electron chi connectivity index (χ4n) is 10.6. The van der Waals surface area contributed by atoms with Gasteiger partial charge in [0.15, 0.2) is 0 Å². The Bertz CT molecular complexity index is 3660. The number of nitrogens with zero attached hydrogens (tertiary/aromatic N) is 2. The van der Waals surface area contributed by atoms with Gasteiger partial charge in [-0.25, -0.2) is 0 Å². The second-order valence-corrected chi connectivity index (χ2v) is 20.2. The summed E-state index contributed by atoms with van der Waals surface area (Å²) in [6, 6.07) is 77.3. The number of hydrogen-bond donors (Lipinski definition) is 0. The maximum Gasteiger partial charge on any atom is 0.0625 e.